The molecule has 0 saturated heterocycles. The molecule has 4 nitrogen and oxygen atoms in total. The number of ketones is 1. The van der Waals surface area contributed by atoms with Gasteiger partial charge in [0.2, 0.25) is 11.5 Å². The molecule has 4 heteroatoms. The topological polar surface area (TPSA) is 52.6 Å². The van der Waals surface area contributed by atoms with Gasteiger partial charge in [-0.05, 0) is 12.8 Å². The fourth-order valence-electron chi connectivity index (χ4n) is 1.78. The first-order chi connectivity index (χ1) is 7.18. The van der Waals surface area contributed by atoms with Crippen LogP contribution in [0.15, 0.2) is 11.5 Å². The lowest BCUT2D eigenvalue weighted by Crippen LogP contribution is -2.26. The zero-order chi connectivity index (χ0) is 10.8. The Morgan fingerprint density at radius 1 is 1.27 bits per heavy atom. The molecule has 2 rings (SSSR count). The van der Waals surface area contributed by atoms with Crippen molar-refractivity contribution in [1.29, 1.82) is 0 Å². The lowest BCUT2D eigenvalue weighted by Gasteiger charge is -2.24. The van der Waals surface area contributed by atoms with Crippen LogP contribution in [0.4, 0.5) is 0 Å². The molecule has 0 aromatic heterocycles. The van der Waals surface area contributed by atoms with Crippen molar-refractivity contribution in [3.8, 4) is 0 Å². The van der Waals surface area contributed by atoms with Crippen molar-refractivity contribution in [2.24, 2.45) is 5.92 Å². The van der Waals surface area contributed by atoms with Crippen LogP contribution in [0.3, 0.4) is 0 Å². The minimum absolute atomic E-state index is 0.0260. The second-order valence-electron chi connectivity index (χ2n) is 3.98. The summed E-state index contributed by atoms with van der Waals surface area (Å²) in [5.74, 6) is 0.394. The number of hydrogen-bond donors (Lipinski definition) is 0. The Labute approximate surface area is 88.2 Å². The van der Waals surface area contributed by atoms with E-state index in [4.69, 9.17) is 9.47 Å². The van der Waals surface area contributed by atoms with Crippen molar-refractivity contribution in [1.82, 2.24) is 0 Å². The largest absolute Gasteiger partial charge is 0.487 e. The fraction of sp³-hybridized carbons (Fsp3) is 0.636. The normalized spacial score (nSPS) is 27.4. The molecule has 0 fully saturated rings. The van der Waals surface area contributed by atoms with Gasteiger partial charge >= 0.3 is 5.97 Å². The van der Waals surface area contributed by atoms with Gasteiger partial charge in [-0.15, -0.1) is 0 Å². The van der Waals surface area contributed by atoms with Crippen LogP contribution in [0.1, 0.15) is 32.6 Å². The maximum absolute atomic E-state index is 11.8. The third-order valence-electron chi connectivity index (χ3n) is 2.74. The third kappa shape index (κ3) is 2.03. The molecular weight excluding hydrogens is 196 g/mol. The molecule has 0 aromatic carbocycles. The maximum Gasteiger partial charge on any atom is 0.311 e. The molecule has 1 aliphatic heterocycles. The lowest BCUT2D eigenvalue weighted by molar-refractivity contribution is -0.142. The standard InChI is InChI=1S/C11H14O4/c1-7-4-5-8-11(10(7)13)14-6-2-3-9(12)15-8/h7H,2-6H2,1H3. The van der Waals surface area contributed by atoms with E-state index in [1.165, 1.54) is 0 Å². The summed E-state index contributed by atoms with van der Waals surface area (Å²) in [7, 11) is 0. The summed E-state index contributed by atoms with van der Waals surface area (Å²) in [4.78, 5) is 23.0. The first-order valence-corrected chi connectivity index (χ1v) is 5.29. The van der Waals surface area contributed by atoms with E-state index in [0.29, 0.717) is 31.6 Å². The molecule has 0 aromatic rings. The van der Waals surface area contributed by atoms with Crippen LogP contribution in [0.25, 0.3) is 0 Å². The molecule has 0 spiro atoms. The van der Waals surface area contributed by atoms with E-state index in [-0.39, 0.29) is 23.4 Å². The van der Waals surface area contributed by atoms with Crippen LogP contribution in [0.2, 0.25) is 0 Å². The summed E-state index contributed by atoms with van der Waals surface area (Å²) in [6.45, 7) is 2.29. The van der Waals surface area contributed by atoms with Gasteiger partial charge in [-0.3, -0.25) is 9.59 Å². The number of ether oxygens (including phenoxy) is 2. The smallest absolute Gasteiger partial charge is 0.311 e. The summed E-state index contributed by atoms with van der Waals surface area (Å²) in [5.41, 5.74) is 0. The molecule has 0 saturated carbocycles. The van der Waals surface area contributed by atoms with Gasteiger partial charge < -0.3 is 9.47 Å². The highest BCUT2D eigenvalue weighted by Gasteiger charge is 2.31. The van der Waals surface area contributed by atoms with Crippen molar-refractivity contribution in [3.05, 3.63) is 11.5 Å². The van der Waals surface area contributed by atoms with E-state index in [1.807, 2.05) is 6.92 Å². The number of hydrogen-bond acceptors (Lipinski definition) is 4. The SMILES string of the molecule is CC1CCC2=C(OCCCC(=O)O2)C1=O. The Balaban J connectivity index is 2.27. The van der Waals surface area contributed by atoms with Gasteiger partial charge in [-0.2, -0.15) is 0 Å². The van der Waals surface area contributed by atoms with E-state index in [2.05, 4.69) is 0 Å². The Kier molecular flexibility index (Phi) is 2.75. The Morgan fingerprint density at radius 3 is 2.87 bits per heavy atom. The van der Waals surface area contributed by atoms with Crippen molar-refractivity contribution >= 4 is 11.8 Å². The van der Waals surface area contributed by atoms with Crippen LogP contribution >= 0.6 is 0 Å². The van der Waals surface area contributed by atoms with Gasteiger partial charge in [0, 0.05) is 18.8 Å². The molecule has 0 N–H and O–H groups in total. The lowest BCUT2D eigenvalue weighted by atomic mass is 9.92. The second kappa shape index (κ2) is 4.04. The summed E-state index contributed by atoms with van der Waals surface area (Å²) < 4.78 is 10.5. The molecule has 82 valence electrons. The second-order valence-corrected chi connectivity index (χ2v) is 3.98. The van der Waals surface area contributed by atoms with E-state index in [1.54, 1.807) is 0 Å². The van der Waals surface area contributed by atoms with Crippen molar-refractivity contribution in [2.75, 3.05) is 6.61 Å². The highest BCUT2D eigenvalue weighted by molar-refractivity contribution is 5.96. The summed E-state index contributed by atoms with van der Waals surface area (Å²) in [5, 5.41) is 0. The van der Waals surface area contributed by atoms with E-state index < -0.39 is 0 Å². The molecule has 0 radical (unpaired) electrons. The number of Topliss-reactive ketones (excluding diaryl/α,β-unsaturated/α-hetero) is 1. The summed E-state index contributed by atoms with van der Waals surface area (Å²) >= 11 is 0. The first kappa shape index (κ1) is 10.2. The molecule has 0 amide bonds. The quantitative estimate of drug-likeness (QED) is 0.569. The highest BCUT2D eigenvalue weighted by atomic mass is 16.6. The van der Waals surface area contributed by atoms with Gasteiger partial charge in [0.05, 0.1) is 6.61 Å². The predicted octanol–water partition coefficient (Wildman–Crippen LogP) is 1.55. The first-order valence-electron chi connectivity index (χ1n) is 5.29. The number of rotatable bonds is 0. The summed E-state index contributed by atoms with van der Waals surface area (Å²) in [6.07, 6.45) is 2.32. The average molecular weight is 210 g/mol. The molecule has 1 aliphatic carbocycles. The van der Waals surface area contributed by atoms with Crippen LogP contribution in [-0.2, 0) is 19.1 Å². The Morgan fingerprint density at radius 2 is 2.07 bits per heavy atom. The van der Waals surface area contributed by atoms with E-state index in [9.17, 15) is 9.59 Å². The van der Waals surface area contributed by atoms with Gasteiger partial charge in [0.25, 0.3) is 0 Å². The Bertz CT molecular complexity index is 329. The number of allylic oxidation sites excluding steroid dienone is 2. The van der Waals surface area contributed by atoms with Crippen LogP contribution in [0, 0.1) is 5.92 Å². The van der Waals surface area contributed by atoms with E-state index >= 15 is 0 Å². The van der Waals surface area contributed by atoms with Gasteiger partial charge in [0.1, 0.15) is 0 Å². The van der Waals surface area contributed by atoms with Gasteiger partial charge in [-0.1, -0.05) is 6.92 Å². The van der Waals surface area contributed by atoms with Gasteiger partial charge in [0.15, 0.2) is 5.76 Å². The molecule has 15 heavy (non-hydrogen) atoms. The van der Waals surface area contributed by atoms with Gasteiger partial charge in [-0.25, -0.2) is 0 Å². The molecule has 1 unspecified atom stereocenters. The third-order valence-corrected chi connectivity index (χ3v) is 2.74. The molecule has 2 aliphatic rings. The van der Waals surface area contributed by atoms with Crippen LogP contribution in [0.5, 0.6) is 0 Å². The minimum atomic E-state index is -0.256. The fourth-order valence-corrected chi connectivity index (χ4v) is 1.78. The van der Waals surface area contributed by atoms with Crippen molar-refractivity contribution in [3.63, 3.8) is 0 Å². The molecule has 0 bridgehead atoms. The molecule has 1 heterocycles. The minimum Gasteiger partial charge on any atom is -0.487 e. The molecular formula is C11H14O4. The number of carbonyl (C=O) groups excluding carboxylic acids is 2. The van der Waals surface area contributed by atoms with Crippen LogP contribution < -0.4 is 0 Å². The van der Waals surface area contributed by atoms with E-state index in [0.717, 1.165) is 6.42 Å². The highest BCUT2D eigenvalue weighted by Crippen LogP contribution is 2.29. The van der Waals surface area contributed by atoms with Crippen molar-refractivity contribution in [2.45, 2.75) is 32.6 Å². The van der Waals surface area contributed by atoms with Crippen molar-refractivity contribution < 1.29 is 19.1 Å². The average Bonchev–Trinajstić information content (AvgIpc) is 2.18. The predicted molar refractivity (Wildman–Crippen MR) is 51.7 cm³/mol. The zero-order valence-electron chi connectivity index (χ0n) is 8.75. The molecule has 1 atom stereocenters. The number of carbonyl (C=O) groups is 2. The maximum atomic E-state index is 11.8. The monoisotopic (exact) mass is 210 g/mol. The summed E-state index contributed by atoms with van der Waals surface area (Å²) in [6, 6.07) is 0. The zero-order valence-corrected chi connectivity index (χ0v) is 8.75. The number of esters is 1. The Hall–Kier alpha value is -1.32. The van der Waals surface area contributed by atoms with Crippen LogP contribution in [-0.4, -0.2) is 18.4 Å².